The number of rotatable bonds is 4. The number of likely N-dealkylation sites (tertiary alicyclic amines) is 1. The van der Waals surface area contributed by atoms with Gasteiger partial charge in [-0.25, -0.2) is 4.39 Å². The number of halogens is 1. The van der Waals surface area contributed by atoms with Gasteiger partial charge in [0, 0.05) is 12.7 Å². The third-order valence-corrected chi connectivity index (χ3v) is 5.80. The molecule has 4 rings (SSSR count). The van der Waals surface area contributed by atoms with Gasteiger partial charge in [0.05, 0.1) is 24.4 Å². The number of carbonyl (C=O) groups excluding carboxylic acids is 2. The fourth-order valence-electron chi connectivity index (χ4n) is 4.12. The van der Waals surface area contributed by atoms with Crippen LogP contribution in [0, 0.1) is 0 Å². The van der Waals surface area contributed by atoms with Gasteiger partial charge in [-0.05, 0) is 50.7 Å². The van der Waals surface area contributed by atoms with Crippen LogP contribution < -0.4 is 5.32 Å². The van der Waals surface area contributed by atoms with Crippen LogP contribution in [-0.2, 0) is 20.9 Å². The second-order valence-electron chi connectivity index (χ2n) is 7.45. The highest BCUT2D eigenvalue weighted by molar-refractivity contribution is 5.87. The summed E-state index contributed by atoms with van der Waals surface area (Å²) in [7, 11) is 0. The predicted octanol–water partition coefficient (Wildman–Crippen LogP) is 1.74. The van der Waals surface area contributed by atoms with Crippen LogP contribution >= 0.6 is 0 Å². The van der Waals surface area contributed by atoms with Gasteiger partial charge in [-0.1, -0.05) is 6.07 Å². The molecule has 0 spiro atoms. The fraction of sp³-hybridized carbons (Fsp3) is 0.632. The van der Waals surface area contributed by atoms with Crippen molar-refractivity contribution >= 4 is 11.8 Å². The van der Waals surface area contributed by atoms with Crippen molar-refractivity contribution in [2.75, 3.05) is 6.54 Å². The molecule has 3 aliphatic rings. The number of hydrogen-bond acceptors (Lipinski definition) is 4. The second-order valence-corrected chi connectivity index (χ2v) is 7.45. The zero-order valence-corrected chi connectivity index (χ0v) is 14.7. The number of carbonyl (C=O) groups is 2. The van der Waals surface area contributed by atoms with Gasteiger partial charge in [-0.2, -0.15) is 0 Å². The number of nitrogens with zero attached hydrogens (tertiary/aromatic N) is 2. The van der Waals surface area contributed by atoms with Crippen LogP contribution in [-0.4, -0.2) is 52.2 Å². The molecule has 3 fully saturated rings. The number of nitrogens with one attached hydrogen (secondary N) is 1. The lowest BCUT2D eigenvalue weighted by molar-refractivity contribution is -0.157. The summed E-state index contributed by atoms with van der Waals surface area (Å²) >= 11 is 0. The maximum absolute atomic E-state index is 14.5. The van der Waals surface area contributed by atoms with E-state index in [4.69, 9.17) is 4.74 Å². The molecule has 1 aromatic rings. The van der Waals surface area contributed by atoms with E-state index in [9.17, 15) is 14.0 Å². The summed E-state index contributed by atoms with van der Waals surface area (Å²) in [6, 6.07) is 5.45. The fourth-order valence-corrected chi connectivity index (χ4v) is 4.12. The molecule has 2 aliphatic heterocycles. The Bertz CT molecular complexity index is 680. The normalized spacial score (nSPS) is 29.6. The number of alkyl halides is 1. The minimum atomic E-state index is -1.66. The molecule has 1 N–H and O–H groups in total. The summed E-state index contributed by atoms with van der Waals surface area (Å²) in [5, 5.41) is 2.86. The largest absolute Gasteiger partial charge is 0.363 e. The first-order valence-corrected chi connectivity index (χ1v) is 9.40. The lowest BCUT2D eigenvalue weighted by atomic mass is 9.80. The lowest BCUT2D eigenvalue weighted by Crippen LogP contribution is -2.55. The highest BCUT2D eigenvalue weighted by Gasteiger charge is 2.52. The third kappa shape index (κ3) is 3.20. The minimum Gasteiger partial charge on any atom is -0.363 e. The van der Waals surface area contributed by atoms with E-state index in [2.05, 4.69) is 10.3 Å². The molecular formula is C19H24FN3O3. The number of ether oxygens (including phenoxy) is 1. The topological polar surface area (TPSA) is 71.5 Å². The van der Waals surface area contributed by atoms with Crippen molar-refractivity contribution < 1.29 is 18.7 Å². The zero-order valence-electron chi connectivity index (χ0n) is 14.7. The number of hydrogen-bond donors (Lipinski definition) is 1. The molecule has 0 radical (unpaired) electrons. The van der Waals surface area contributed by atoms with Crippen LogP contribution in [0.2, 0.25) is 0 Å². The molecule has 0 aromatic carbocycles. The number of fused-ring (bicyclic) bond motifs is 1. The van der Waals surface area contributed by atoms with Crippen molar-refractivity contribution in [2.24, 2.45) is 0 Å². The van der Waals surface area contributed by atoms with Crippen molar-refractivity contribution in [1.82, 2.24) is 15.2 Å². The number of aromatic nitrogens is 1. The maximum Gasteiger partial charge on any atom is 0.260 e. The van der Waals surface area contributed by atoms with E-state index < -0.39 is 11.8 Å². The molecule has 1 aliphatic carbocycles. The van der Waals surface area contributed by atoms with Crippen LogP contribution in [0.4, 0.5) is 4.39 Å². The third-order valence-electron chi connectivity index (χ3n) is 5.80. The van der Waals surface area contributed by atoms with Crippen molar-refractivity contribution in [1.29, 1.82) is 0 Å². The quantitative estimate of drug-likeness (QED) is 0.887. The Labute approximate surface area is 152 Å². The van der Waals surface area contributed by atoms with Gasteiger partial charge in [-0.15, -0.1) is 0 Å². The van der Waals surface area contributed by atoms with E-state index in [-0.39, 0.29) is 24.0 Å². The molecular weight excluding hydrogens is 337 g/mol. The predicted molar refractivity (Wildman–Crippen MR) is 91.8 cm³/mol. The minimum absolute atomic E-state index is 0.101. The summed E-state index contributed by atoms with van der Waals surface area (Å²) in [6.45, 7) is 0.880. The molecule has 140 valence electrons. The molecule has 2 saturated heterocycles. The van der Waals surface area contributed by atoms with Crippen molar-refractivity contribution in [2.45, 2.75) is 69.0 Å². The Morgan fingerprint density at radius 3 is 2.85 bits per heavy atom. The molecule has 1 saturated carbocycles. The molecule has 3 atom stereocenters. The van der Waals surface area contributed by atoms with Gasteiger partial charge in [0.1, 0.15) is 6.10 Å². The molecule has 26 heavy (non-hydrogen) atoms. The Morgan fingerprint density at radius 2 is 2.15 bits per heavy atom. The number of pyridine rings is 1. The Morgan fingerprint density at radius 1 is 1.31 bits per heavy atom. The molecule has 2 amide bonds. The van der Waals surface area contributed by atoms with Gasteiger partial charge in [0.2, 0.25) is 5.91 Å². The van der Waals surface area contributed by atoms with Crippen molar-refractivity contribution in [3.63, 3.8) is 0 Å². The molecule has 7 heteroatoms. The average molecular weight is 361 g/mol. The zero-order chi connectivity index (χ0) is 18.1. The van der Waals surface area contributed by atoms with Crippen LogP contribution in [0.3, 0.4) is 0 Å². The smallest absolute Gasteiger partial charge is 0.260 e. The van der Waals surface area contributed by atoms with Crippen molar-refractivity contribution in [3.05, 3.63) is 30.1 Å². The lowest BCUT2D eigenvalue weighted by Gasteiger charge is -2.40. The second kappa shape index (κ2) is 6.95. The van der Waals surface area contributed by atoms with E-state index in [0.29, 0.717) is 45.2 Å². The van der Waals surface area contributed by atoms with Gasteiger partial charge < -0.3 is 15.0 Å². The standard InChI is InChI=1S/C19H24FN3O3/c20-19(8-3-9-19)18(25)23-11-7-15-14(23)5-6-16(26-15)17(24)22-12-13-4-1-2-10-21-13/h1-2,4,10,14-16H,3,5-9,11-12H2,(H,22,24)/t14-,15-,16-/m1/s1. The first-order chi connectivity index (χ1) is 12.6. The van der Waals surface area contributed by atoms with E-state index in [1.165, 1.54) is 0 Å². The van der Waals surface area contributed by atoms with E-state index in [1.807, 2.05) is 18.2 Å². The first kappa shape index (κ1) is 17.4. The molecule has 3 heterocycles. The molecule has 0 bridgehead atoms. The van der Waals surface area contributed by atoms with Gasteiger partial charge in [0.15, 0.2) is 5.67 Å². The SMILES string of the molecule is O=C(NCc1ccccn1)[C@H]1CC[C@@H]2[C@@H](CCN2C(=O)C2(F)CCC2)O1. The number of amides is 2. The summed E-state index contributed by atoms with van der Waals surface area (Å²) in [6.07, 6.45) is 4.31. The van der Waals surface area contributed by atoms with Crippen molar-refractivity contribution in [3.8, 4) is 0 Å². The monoisotopic (exact) mass is 361 g/mol. The average Bonchev–Trinajstić information content (AvgIpc) is 3.07. The van der Waals surface area contributed by atoms with Crippen LogP contribution in [0.15, 0.2) is 24.4 Å². The summed E-state index contributed by atoms with van der Waals surface area (Å²) < 4.78 is 20.4. The summed E-state index contributed by atoms with van der Waals surface area (Å²) in [4.78, 5) is 30.7. The van der Waals surface area contributed by atoms with E-state index >= 15 is 0 Å². The van der Waals surface area contributed by atoms with Crippen LogP contribution in [0.1, 0.15) is 44.2 Å². The van der Waals surface area contributed by atoms with E-state index in [1.54, 1.807) is 11.1 Å². The van der Waals surface area contributed by atoms with Gasteiger partial charge in [-0.3, -0.25) is 14.6 Å². The summed E-state index contributed by atoms with van der Waals surface area (Å²) in [5.74, 6) is -0.530. The molecule has 0 unspecified atom stereocenters. The van der Waals surface area contributed by atoms with Gasteiger partial charge >= 0.3 is 0 Å². The van der Waals surface area contributed by atoms with Crippen LogP contribution in [0.5, 0.6) is 0 Å². The highest BCUT2D eigenvalue weighted by atomic mass is 19.1. The highest BCUT2D eigenvalue weighted by Crippen LogP contribution is 2.41. The first-order valence-electron chi connectivity index (χ1n) is 9.40. The van der Waals surface area contributed by atoms with Gasteiger partial charge in [0.25, 0.3) is 5.91 Å². The Kier molecular flexibility index (Phi) is 4.65. The van der Waals surface area contributed by atoms with E-state index in [0.717, 1.165) is 12.1 Å². The Balaban J connectivity index is 1.31. The summed E-state index contributed by atoms with van der Waals surface area (Å²) in [5.41, 5.74) is -0.868. The molecule has 6 nitrogen and oxygen atoms in total. The van der Waals surface area contributed by atoms with Crippen LogP contribution in [0.25, 0.3) is 0 Å². The maximum atomic E-state index is 14.5. The Hall–Kier alpha value is -2.02. The molecule has 1 aromatic heterocycles.